The molecule has 3 aromatic carbocycles. The summed E-state index contributed by atoms with van der Waals surface area (Å²) in [7, 11) is 0. The Morgan fingerprint density at radius 2 is 1.67 bits per heavy atom. The number of carbonyl (C=O) groups is 2. The van der Waals surface area contributed by atoms with Crippen molar-refractivity contribution in [1.82, 2.24) is 9.88 Å². The van der Waals surface area contributed by atoms with Crippen molar-refractivity contribution >= 4 is 34.7 Å². The van der Waals surface area contributed by atoms with E-state index in [1.165, 1.54) is 22.7 Å². The van der Waals surface area contributed by atoms with E-state index in [1.807, 2.05) is 31.2 Å². The van der Waals surface area contributed by atoms with Gasteiger partial charge in [-0.25, -0.2) is 4.79 Å². The minimum atomic E-state index is -0.965. The summed E-state index contributed by atoms with van der Waals surface area (Å²) in [6, 6.07) is 27.1. The standard InChI is InChI=1S/C29H30N2O4S/c1-2-3-18-35-29(34)30-27(19-28(32)33)36-20-21-8-10-22(11-9-21)23-12-14-25(15-13-23)31-17-16-24-6-4-5-7-26(24)31/h4-17,27H,2-3,18-20H2,1H3,(H,30,34)(H,32,33). The van der Waals surface area contributed by atoms with Crippen LogP contribution < -0.4 is 5.32 Å². The van der Waals surface area contributed by atoms with Crippen LogP contribution in [0.1, 0.15) is 31.7 Å². The number of ether oxygens (including phenoxy) is 1. The first-order valence-corrected chi connectivity index (χ1v) is 13.1. The van der Waals surface area contributed by atoms with Crippen LogP contribution in [0, 0.1) is 0 Å². The van der Waals surface area contributed by atoms with Crippen molar-refractivity contribution in [2.24, 2.45) is 0 Å². The van der Waals surface area contributed by atoms with Gasteiger partial charge < -0.3 is 19.7 Å². The molecule has 1 unspecified atom stereocenters. The van der Waals surface area contributed by atoms with Gasteiger partial charge in [0.05, 0.1) is 23.9 Å². The lowest BCUT2D eigenvalue weighted by atomic mass is 10.0. The molecule has 0 saturated carbocycles. The first-order valence-electron chi connectivity index (χ1n) is 12.1. The highest BCUT2D eigenvalue weighted by Gasteiger charge is 2.17. The number of benzene rings is 3. The lowest BCUT2D eigenvalue weighted by Gasteiger charge is -2.16. The minimum Gasteiger partial charge on any atom is -0.481 e. The number of carboxylic acid groups (broad SMARTS) is 1. The highest BCUT2D eigenvalue weighted by Crippen LogP contribution is 2.26. The van der Waals surface area contributed by atoms with Crippen molar-refractivity contribution in [1.29, 1.82) is 0 Å². The molecular weight excluding hydrogens is 472 g/mol. The van der Waals surface area contributed by atoms with E-state index in [1.54, 1.807) is 0 Å². The minimum absolute atomic E-state index is 0.172. The molecule has 0 fully saturated rings. The Hall–Kier alpha value is -3.71. The first kappa shape index (κ1) is 25.4. The smallest absolute Gasteiger partial charge is 0.408 e. The lowest BCUT2D eigenvalue weighted by molar-refractivity contribution is -0.137. The molecule has 1 heterocycles. The summed E-state index contributed by atoms with van der Waals surface area (Å²) in [6.45, 7) is 2.34. The maximum atomic E-state index is 11.9. The van der Waals surface area contributed by atoms with Crippen LogP contribution in [0.25, 0.3) is 27.7 Å². The molecule has 0 bridgehead atoms. The van der Waals surface area contributed by atoms with Crippen LogP contribution in [0.4, 0.5) is 4.79 Å². The van der Waals surface area contributed by atoms with Gasteiger partial charge in [0.2, 0.25) is 0 Å². The predicted octanol–water partition coefficient (Wildman–Crippen LogP) is 6.86. The van der Waals surface area contributed by atoms with Crippen molar-refractivity contribution in [3.63, 3.8) is 0 Å². The molecule has 186 valence electrons. The third-order valence-corrected chi connectivity index (χ3v) is 7.04. The molecule has 0 spiro atoms. The number of thioether (sulfide) groups is 1. The van der Waals surface area contributed by atoms with E-state index in [9.17, 15) is 14.7 Å². The number of hydrogen-bond donors (Lipinski definition) is 2. The molecule has 36 heavy (non-hydrogen) atoms. The molecule has 7 heteroatoms. The molecule has 0 aliphatic carbocycles. The fourth-order valence-electron chi connectivity index (χ4n) is 3.91. The summed E-state index contributed by atoms with van der Waals surface area (Å²) in [5.41, 5.74) is 5.56. The largest absolute Gasteiger partial charge is 0.481 e. The molecule has 1 amide bonds. The van der Waals surface area contributed by atoms with Gasteiger partial charge in [-0.1, -0.05) is 67.9 Å². The van der Waals surface area contributed by atoms with Gasteiger partial charge in [-0.15, -0.1) is 11.8 Å². The average molecular weight is 503 g/mol. The van der Waals surface area contributed by atoms with E-state index in [0.717, 1.165) is 35.2 Å². The summed E-state index contributed by atoms with van der Waals surface area (Å²) in [6.07, 6.45) is 3.04. The third kappa shape index (κ3) is 6.70. The Bertz CT molecular complexity index is 1300. The molecule has 0 radical (unpaired) electrons. The average Bonchev–Trinajstić information content (AvgIpc) is 3.32. The number of alkyl carbamates (subject to hydrolysis) is 1. The number of hydrogen-bond acceptors (Lipinski definition) is 4. The van der Waals surface area contributed by atoms with Gasteiger partial charge >= 0.3 is 12.1 Å². The number of nitrogens with one attached hydrogen (secondary N) is 1. The molecule has 0 aliphatic rings. The number of rotatable bonds is 11. The fourth-order valence-corrected chi connectivity index (χ4v) is 4.93. The summed E-state index contributed by atoms with van der Waals surface area (Å²) in [4.78, 5) is 23.2. The predicted molar refractivity (Wildman–Crippen MR) is 145 cm³/mol. The Morgan fingerprint density at radius 3 is 2.36 bits per heavy atom. The summed E-state index contributed by atoms with van der Waals surface area (Å²) >= 11 is 1.38. The number of fused-ring (bicyclic) bond motifs is 1. The van der Waals surface area contributed by atoms with Crippen LogP contribution in [-0.4, -0.2) is 33.7 Å². The second-order valence-corrected chi connectivity index (χ2v) is 9.71. The Kier molecular flexibility index (Phi) is 8.68. The van der Waals surface area contributed by atoms with Crippen LogP contribution in [0.2, 0.25) is 0 Å². The number of para-hydroxylation sites is 1. The Morgan fingerprint density at radius 1 is 0.972 bits per heavy atom. The Labute approximate surface area is 215 Å². The van der Waals surface area contributed by atoms with Crippen LogP contribution in [-0.2, 0) is 15.3 Å². The van der Waals surface area contributed by atoms with Gasteiger partial charge in [-0.3, -0.25) is 4.79 Å². The van der Waals surface area contributed by atoms with E-state index in [-0.39, 0.29) is 6.42 Å². The van der Waals surface area contributed by atoms with E-state index in [4.69, 9.17) is 4.74 Å². The normalized spacial score (nSPS) is 11.8. The number of nitrogens with zero attached hydrogens (tertiary/aromatic N) is 1. The second kappa shape index (κ2) is 12.3. The Balaban J connectivity index is 1.37. The van der Waals surface area contributed by atoms with Gasteiger partial charge in [0, 0.05) is 17.6 Å². The topological polar surface area (TPSA) is 80.6 Å². The van der Waals surface area contributed by atoms with Crippen molar-refractivity contribution in [3.8, 4) is 16.8 Å². The summed E-state index contributed by atoms with van der Waals surface area (Å²) in [5.74, 6) is -0.388. The quantitative estimate of drug-likeness (QED) is 0.173. The maximum Gasteiger partial charge on any atom is 0.408 e. The number of aliphatic carboxylic acids is 1. The van der Waals surface area contributed by atoms with Crippen LogP contribution in [0.15, 0.2) is 85.1 Å². The van der Waals surface area contributed by atoms with Crippen LogP contribution >= 0.6 is 11.8 Å². The zero-order valence-electron chi connectivity index (χ0n) is 20.2. The van der Waals surface area contributed by atoms with Gasteiger partial charge in [0.25, 0.3) is 0 Å². The first-order chi connectivity index (χ1) is 17.5. The summed E-state index contributed by atoms with van der Waals surface area (Å²) < 4.78 is 7.29. The number of amides is 1. The lowest BCUT2D eigenvalue weighted by Crippen LogP contribution is -2.35. The number of carbonyl (C=O) groups excluding carboxylic acids is 1. The maximum absolute atomic E-state index is 11.9. The molecule has 1 aromatic heterocycles. The van der Waals surface area contributed by atoms with Gasteiger partial charge in [0.1, 0.15) is 0 Å². The van der Waals surface area contributed by atoms with E-state index < -0.39 is 17.4 Å². The highest BCUT2D eigenvalue weighted by atomic mass is 32.2. The molecule has 6 nitrogen and oxygen atoms in total. The van der Waals surface area contributed by atoms with Crippen molar-refractivity contribution in [2.45, 2.75) is 37.3 Å². The van der Waals surface area contributed by atoms with Gasteiger partial charge in [-0.05, 0) is 52.8 Å². The van der Waals surface area contributed by atoms with Crippen molar-refractivity contribution in [2.75, 3.05) is 6.61 Å². The molecule has 4 aromatic rings. The number of unbranched alkanes of at least 4 members (excludes halogenated alkanes) is 1. The van der Waals surface area contributed by atoms with Crippen LogP contribution in [0.5, 0.6) is 0 Å². The van der Waals surface area contributed by atoms with Crippen molar-refractivity contribution < 1.29 is 19.4 Å². The molecular formula is C29H30N2O4S. The third-order valence-electron chi connectivity index (χ3n) is 5.85. The second-order valence-electron chi connectivity index (χ2n) is 8.52. The fraction of sp³-hybridized carbons (Fsp3) is 0.241. The van der Waals surface area contributed by atoms with E-state index in [2.05, 4.69) is 70.7 Å². The molecule has 4 rings (SSSR count). The number of aromatic nitrogens is 1. The van der Waals surface area contributed by atoms with E-state index in [0.29, 0.717) is 12.4 Å². The molecule has 1 atom stereocenters. The van der Waals surface area contributed by atoms with Crippen molar-refractivity contribution in [3.05, 3.63) is 90.6 Å². The highest BCUT2D eigenvalue weighted by molar-refractivity contribution is 7.99. The monoisotopic (exact) mass is 502 g/mol. The van der Waals surface area contributed by atoms with E-state index >= 15 is 0 Å². The van der Waals surface area contributed by atoms with Crippen LogP contribution in [0.3, 0.4) is 0 Å². The number of carboxylic acids is 1. The summed E-state index contributed by atoms with van der Waals surface area (Å²) in [5, 5.41) is 12.5. The zero-order chi connectivity index (χ0) is 25.3. The van der Waals surface area contributed by atoms with Gasteiger partial charge in [-0.2, -0.15) is 0 Å². The molecule has 2 N–H and O–H groups in total. The zero-order valence-corrected chi connectivity index (χ0v) is 21.0. The van der Waals surface area contributed by atoms with Gasteiger partial charge in [0.15, 0.2) is 0 Å². The SMILES string of the molecule is CCCCOC(=O)NC(CC(=O)O)SCc1ccc(-c2ccc(-n3ccc4ccccc43)cc2)cc1. The molecule has 0 aliphatic heterocycles. The molecule has 0 saturated heterocycles.